The molecule has 76 valence electrons. The molecule has 13 heavy (non-hydrogen) atoms. The van der Waals surface area contributed by atoms with Gasteiger partial charge in [-0.2, -0.15) is 0 Å². The minimum atomic E-state index is 0.0579. The predicted octanol–water partition coefficient (Wildman–Crippen LogP) is 3.37. The van der Waals surface area contributed by atoms with Crippen LogP contribution >= 0.6 is 0 Å². The van der Waals surface area contributed by atoms with Gasteiger partial charge in [-0.05, 0) is 33.1 Å². The summed E-state index contributed by atoms with van der Waals surface area (Å²) in [6.07, 6.45) is 5.09. The maximum atomic E-state index is 5.44. The summed E-state index contributed by atoms with van der Waals surface area (Å²) in [6.45, 7) is 8.28. The van der Waals surface area contributed by atoms with Crippen molar-refractivity contribution in [2.75, 3.05) is 0 Å². The van der Waals surface area contributed by atoms with Crippen molar-refractivity contribution in [3.63, 3.8) is 0 Å². The highest BCUT2D eigenvalue weighted by Gasteiger charge is 2.44. The number of oxime groups is 1. The molecule has 2 unspecified atom stereocenters. The number of rotatable bonds is 0. The van der Waals surface area contributed by atoms with Gasteiger partial charge in [0.15, 0.2) is 0 Å². The Kier molecular flexibility index (Phi) is 3.34. The van der Waals surface area contributed by atoms with E-state index in [1.165, 1.54) is 31.4 Å². The molecule has 0 bridgehead atoms. The Morgan fingerprint density at radius 1 is 1.38 bits per heavy atom. The second-order valence-electron chi connectivity index (χ2n) is 3.93. The first-order valence-corrected chi connectivity index (χ1v) is 5.45. The summed E-state index contributed by atoms with van der Waals surface area (Å²) in [5.41, 5.74) is 1.26. The van der Waals surface area contributed by atoms with E-state index < -0.39 is 0 Å². The Labute approximate surface area is 81.3 Å². The van der Waals surface area contributed by atoms with Gasteiger partial charge in [-0.3, -0.25) is 0 Å². The molecular weight excluding hydrogens is 162 g/mol. The van der Waals surface area contributed by atoms with Crippen LogP contribution in [0.15, 0.2) is 5.16 Å². The molecule has 0 amide bonds. The lowest BCUT2D eigenvalue weighted by Crippen LogP contribution is -2.37. The molecule has 0 spiro atoms. The number of fused-ring (bicyclic) bond motifs is 1. The Morgan fingerprint density at radius 3 is 2.69 bits per heavy atom. The first-order valence-electron chi connectivity index (χ1n) is 5.45. The summed E-state index contributed by atoms with van der Waals surface area (Å²) in [6, 6.07) is 0. The van der Waals surface area contributed by atoms with Crippen LogP contribution in [0.2, 0.25) is 0 Å². The average molecular weight is 183 g/mol. The van der Waals surface area contributed by atoms with E-state index in [-0.39, 0.29) is 5.60 Å². The highest BCUT2D eigenvalue weighted by molar-refractivity contribution is 5.86. The summed E-state index contributed by atoms with van der Waals surface area (Å²) >= 11 is 0. The van der Waals surface area contributed by atoms with Crippen molar-refractivity contribution in [1.29, 1.82) is 0 Å². The van der Waals surface area contributed by atoms with Gasteiger partial charge in [-0.25, -0.2) is 0 Å². The quantitative estimate of drug-likeness (QED) is 0.564. The Hall–Kier alpha value is -0.530. The van der Waals surface area contributed by atoms with Gasteiger partial charge < -0.3 is 4.84 Å². The molecule has 0 radical (unpaired) electrons. The zero-order valence-electron chi connectivity index (χ0n) is 9.26. The van der Waals surface area contributed by atoms with Gasteiger partial charge in [-0.15, -0.1) is 0 Å². The molecule has 0 saturated heterocycles. The molecule has 0 N–H and O–H groups in total. The van der Waals surface area contributed by atoms with Crippen molar-refractivity contribution in [2.24, 2.45) is 11.1 Å². The fourth-order valence-electron chi connectivity index (χ4n) is 2.30. The van der Waals surface area contributed by atoms with Crippen LogP contribution in [0.1, 0.15) is 53.4 Å². The van der Waals surface area contributed by atoms with E-state index in [1.807, 2.05) is 13.8 Å². The van der Waals surface area contributed by atoms with E-state index in [1.54, 1.807) is 0 Å². The van der Waals surface area contributed by atoms with Gasteiger partial charge in [-0.1, -0.05) is 25.4 Å². The molecule has 1 fully saturated rings. The van der Waals surface area contributed by atoms with Crippen molar-refractivity contribution < 1.29 is 4.84 Å². The van der Waals surface area contributed by atoms with E-state index >= 15 is 0 Å². The van der Waals surface area contributed by atoms with Gasteiger partial charge >= 0.3 is 0 Å². The van der Waals surface area contributed by atoms with Crippen LogP contribution in [0.3, 0.4) is 0 Å². The molecule has 2 nitrogen and oxygen atoms in total. The number of hydrogen-bond donors (Lipinski definition) is 0. The molecule has 0 aromatic rings. The number of nitrogens with zero attached hydrogens (tertiary/aromatic N) is 1. The summed E-state index contributed by atoms with van der Waals surface area (Å²) in [5, 5.41) is 4.07. The number of hydrogen-bond acceptors (Lipinski definition) is 2. The fourth-order valence-corrected chi connectivity index (χ4v) is 2.30. The minimum absolute atomic E-state index is 0.0579. The smallest absolute Gasteiger partial charge is 0.143 e. The van der Waals surface area contributed by atoms with E-state index in [0.717, 1.165) is 0 Å². The maximum absolute atomic E-state index is 5.44. The topological polar surface area (TPSA) is 21.6 Å². The molecule has 2 heteroatoms. The van der Waals surface area contributed by atoms with Crippen LogP contribution in [-0.2, 0) is 4.84 Å². The second kappa shape index (κ2) is 4.12. The summed E-state index contributed by atoms with van der Waals surface area (Å²) in [7, 11) is 0. The minimum Gasteiger partial charge on any atom is -0.389 e. The fraction of sp³-hybridized carbons (Fsp3) is 0.909. The highest BCUT2D eigenvalue weighted by atomic mass is 16.7. The molecule has 1 aliphatic heterocycles. The Morgan fingerprint density at radius 2 is 2.08 bits per heavy atom. The molecule has 0 aromatic carbocycles. The molecule has 2 aliphatic rings. The predicted molar refractivity (Wildman–Crippen MR) is 55.9 cm³/mol. The van der Waals surface area contributed by atoms with E-state index in [4.69, 9.17) is 4.84 Å². The second-order valence-corrected chi connectivity index (χ2v) is 3.93. The third-order valence-electron chi connectivity index (χ3n) is 3.06. The van der Waals surface area contributed by atoms with Gasteiger partial charge in [0, 0.05) is 5.92 Å². The van der Waals surface area contributed by atoms with Gasteiger partial charge in [0.05, 0.1) is 5.71 Å². The monoisotopic (exact) mass is 183 g/mol. The summed E-state index contributed by atoms with van der Waals surface area (Å²) in [5.74, 6) is 0.608. The van der Waals surface area contributed by atoms with Crippen LogP contribution in [0.4, 0.5) is 0 Å². The molecule has 1 heterocycles. The first-order chi connectivity index (χ1) is 6.22. The van der Waals surface area contributed by atoms with Crippen LogP contribution in [0, 0.1) is 5.92 Å². The zero-order valence-corrected chi connectivity index (χ0v) is 9.26. The van der Waals surface area contributed by atoms with E-state index in [2.05, 4.69) is 19.0 Å². The van der Waals surface area contributed by atoms with Crippen molar-refractivity contribution in [3.05, 3.63) is 0 Å². The lowest BCUT2D eigenvalue weighted by Gasteiger charge is -2.33. The molecule has 0 aromatic heterocycles. The summed E-state index contributed by atoms with van der Waals surface area (Å²) in [4.78, 5) is 5.44. The van der Waals surface area contributed by atoms with Gasteiger partial charge in [0.1, 0.15) is 5.60 Å². The maximum Gasteiger partial charge on any atom is 0.143 e. The zero-order chi connectivity index (χ0) is 9.90. The molecule has 1 saturated carbocycles. The molecule has 2 atom stereocenters. The Balaban J connectivity index is 0.000000396. The van der Waals surface area contributed by atoms with E-state index in [9.17, 15) is 0 Å². The lowest BCUT2D eigenvalue weighted by molar-refractivity contribution is -0.0505. The Bertz CT molecular complexity index is 200. The third-order valence-corrected chi connectivity index (χ3v) is 3.06. The third kappa shape index (κ3) is 1.87. The van der Waals surface area contributed by atoms with Crippen molar-refractivity contribution >= 4 is 5.71 Å². The van der Waals surface area contributed by atoms with Crippen LogP contribution in [0.25, 0.3) is 0 Å². The van der Waals surface area contributed by atoms with Crippen LogP contribution in [-0.4, -0.2) is 11.3 Å². The largest absolute Gasteiger partial charge is 0.389 e. The lowest BCUT2D eigenvalue weighted by atomic mass is 9.75. The molecule has 2 rings (SSSR count). The highest BCUT2D eigenvalue weighted by Crippen LogP contribution is 2.41. The standard InChI is InChI=1S/C9H15NO.C2H6/c1-7-8-5-3-4-6-9(8,2)11-10-7;1-2/h8H,3-6H2,1-2H3;1-2H3. The normalized spacial score (nSPS) is 36.6. The van der Waals surface area contributed by atoms with Crippen molar-refractivity contribution in [2.45, 2.75) is 59.0 Å². The SMILES string of the molecule is CC.CC1=NOC2(C)CCCCC12. The average Bonchev–Trinajstić information content (AvgIpc) is 2.47. The first kappa shape index (κ1) is 10.6. The van der Waals surface area contributed by atoms with E-state index in [0.29, 0.717) is 5.92 Å². The van der Waals surface area contributed by atoms with Gasteiger partial charge in [0.25, 0.3) is 0 Å². The van der Waals surface area contributed by atoms with Crippen molar-refractivity contribution in [3.8, 4) is 0 Å². The molecule has 1 aliphatic carbocycles. The molecular formula is C11H21NO. The summed E-state index contributed by atoms with van der Waals surface area (Å²) < 4.78 is 0. The van der Waals surface area contributed by atoms with Crippen LogP contribution in [0.5, 0.6) is 0 Å². The van der Waals surface area contributed by atoms with Crippen LogP contribution < -0.4 is 0 Å². The van der Waals surface area contributed by atoms with Crippen molar-refractivity contribution in [1.82, 2.24) is 0 Å². The van der Waals surface area contributed by atoms with Gasteiger partial charge in [0.2, 0.25) is 0 Å².